The lowest BCUT2D eigenvalue weighted by molar-refractivity contribution is -0.141. The second-order valence-corrected chi connectivity index (χ2v) is 5.37. The van der Waals surface area contributed by atoms with Gasteiger partial charge in [0.05, 0.1) is 0 Å². The number of nitrogens with one attached hydrogen (secondary N) is 1. The molecule has 1 aliphatic rings. The third-order valence-electron chi connectivity index (χ3n) is 2.55. The van der Waals surface area contributed by atoms with Crippen LogP contribution in [0, 0.1) is 0 Å². The first-order valence-corrected chi connectivity index (χ1v) is 5.61. The lowest BCUT2D eigenvalue weighted by Gasteiger charge is -2.21. The minimum Gasteiger partial charge on any atom is -0.480 e. The lowest BCUT2D eigenvalue weighted by atomic mass is 10.2. The van der Waals surface area contributed by atoms with Gasteiger partial charge in [-0.15, -0.1) is 0 Å². The van der Waals surface area contributed by atoms with E-state index in [4.69, 9.17) is 9.84 Å². The summed E-state index contributed by atoms with van der Waals surface area (Å²) in [4.78, 5) is 24.1. The molecule has 2 N–H and O–H groups in total. The molecule has 0 bridgehead atoms. The summed E-state index contributed by atoms with van der Waals surface area (Å²) in [6.07, 6.45) is -0.0904. The zero-order valence-corrected chi connectivity index (χ0v) is 10.7. The standard InChI is InChI=1S/C11H20N2O4/c1-11(2,3)17-10(16)12-7-5-8(9(14)15)13(4)6-7/h7-8H,5-6H2,1-4H3,(H,12,16)(H,14,15)/t7-,8+/m0/s1. The maximum absolute atomic E-state index is 11.5. The average Bonchev–Trinajstić information content (AvgIpc) is 2.42. The second-order valence-electron chi connectivity index (χ2n) is 5.37. The van der Waals surface area contributed by atoms with Crippen LogP contribution in [-0.2, 0) is 9.53 Å². The van der Waals surface area contributed by atoms with Gasteiger partial charge in [-0.2, -0.15) is 0 Å². The minimum absolute atomic E-state index is 0.170. The Kier molecular flexibility index (Phi) is 3.98. The van der Waals surface area contributed by atoms with Crippen LogP contribution < -0.4 is 5.32 Å². The van der Waals surface area contributed by atoms with Crippen molar-refractivity contribution in [3.63, 3.8) is 0 Å². The summed E-state index contributed by atoms with van der Waals surface area (Å²) in [5.74, 6) is -0.860. The van der Waals surface area contributed by atoms with Crippen LogP contribution in [0.25, 0.3) is 0 Å². The van der Waals surface area contributed by atoms with Crippen LogP contribution >= 0.6 is 0 Å². The fourth-order valence-corrected chi connectivity index (χ4v) is 1.87. The fourth-order valence-electron chi connectivity index (χ4n) is 1.87. The SMILES string of the molecule is CN1C[C@@H](NC(=O)OC(C)(C)C)C[C@@H]1C(=O)O. The first kappa shape index (κ1) is 13.8. The smallest absolute Gasteiger partial charge is 0.407 e. The molecule has 6 nitrogen and oxygen atoms in total. The highest BCUT2D eigenvalue weighted by atomic mass is 16.6. The number of aliphatic carboxylic acids is 1. The molecule has 0 spiro atoms. The molecule has 2 atom stereocenters. The van der Waals surface area contributed by atoms with Gasteiger partial charge in [0.2, 0.25) is 0 Å². The molecule has 0 saturated carbocycles. The molecule has 0 aromatic rings. The number of alkyl carbamates (subject to hydrolysis) is 1. The Morgan fingerprint density at radius 2 is 2.00 bits per heavy atom. The molecule has 17 heavy (non-hydrogen) atoms. The van der Waals surface area contributed by atoms with Gasteiger partial charge in [0, 0.05) is 12.6 Å². The first-order chi connectivity index (χ1) is 7.69. The van der Waals surface area contributed by atoms with Crippen LogP contribution in [0.4, 0.5) is 4.79 Å². The zero-order chi connectivity index (χ0) is 13.2. The van der Waals surface area contributed by atoms with E-state index < -0.39 is 23.7 Å². The van der Waals surface area contributed by atoms with Gasteiger partial charge in [0.15, 0.2) is 0 Å². The number of amides is 1. The van der Waals surface area contributed by atoms with E-state index in [1.54, 1.807) is 32.7 Å². The van der Waals surface area contributed by atoms with Gasteiger partial charge in [0.1, 0.15) is 11.6 Å². The maximum Gasteiger partial charge on any atom is 0.407 e. The van der Waals surface area contributed by atoms with E-state index in [0.717, 1.165) is 0 Å². The third-order valence-corrected chi connectivity index (χ3v) is 2.55. The predicted octanol–water partition coefficient (Wildman–Crippen LogP) is 0.668. The van der Waals surface area contributed by atoms with Crippen LogP contribution in [0.2, 0.25) is 0 Å². The summed E-state index contributed by atoms with van der Waals surface area (Å²) in [5.41, 5.74) is -0.541. The number of nitrogens with zero attached hydrogens (tertiary/aromatic N) is 1. The molecule has 1 heterocycles. The molecule has 0 aromatic carbocycles. The summed E-state index contributed by atoms with van der Waals surface area (Å²) in [7, 11) is 1.73. The van der Waals surface area contributed by atoms with Crippen molar-refractivity contribution in [2.24, 2.45) is 0 Å². The number of hydrogen-bond acceptors (Lipinski definition) is 4. The molecule has 0 unspecified atom stereocenters. The van der Waals surface area contributed by atoms with Crippen molar-refractivity contribution in [3.8, 4) is 0 Å². The Morgan fingerprint density at radius 3 is 2.41 bits per heavy atom. The quantitative estimate of drug-likeness (QED) is 0.746. The third kappa shape index (κ3) is 4.22. The Morgan fingerprint density at radius 1 is 1.41 bits per heavy atom. The molecule has 98 valence electrons. The number of likely N-dealkylation sites (N-methyl/N-ethyl adjacent to an activating group) is 1. The normalized spacial score (nSPS) is 25.6. The highest BCUT2D eigenvalue weighted by Crippen LogP contribution is 2.16. The molecular formula is C11H20N2O4. The van der Waals surface area contributed by atoms with Crippen LogP contribution in [0.5, 0.6) is 0 Å². The molecule has 1 fully saturated rings. The molecule has 0 aromatic heterocycles. The lowest BCUT2D eigenvalue weighted by Crippen LogP contribution is -2.40. The van der Waals surface area contributed by atoms with Crippen molar-refractivity contribution < 1.29 is 19.4 Å². The number of hydrogen-bond donors (Lipinski definition) is 2. The van der Waals surface area contributed by atoms with Gasteiger partial charge in [0.25, 0.3) is 0 Å². The monoisotopic (exact) mass is 244 g/mol. The fraction of sp³-hybridized carbons (Fsp3) is 0.818. The molecule has 1 saturated heterocycles. The van der Waals surface area contributed by atoms with Gasteiger partial charge >= 0.3 is 12.1 Å². The van der Waals surface area contributed by atoms with Crippen molar-refractivity contribution in [1.29, 1.82) is 0 Å². The van der Waals surface area contributed by atoms with Gasteiger partial charge in [-0.3, -0.25) is 9.69 Å². The van der Waals surface area contributed by atoms with E-state index in [1.165, 1.54) is 0 Å². The maximum atomic E-state index is 11.5. The van der Waals surface area contributed by atoms with E-state index in [-0.39, 0.29) is 6.04 Å². The zero-order valence-electron chi connectivity index (χ0n) is 10.7. The Balaban J connectivity index is 2.45. The number of ether oxygens (including phenoxy) is 1. The summed E-state index contributed by atoms with van der Waals surface area (Å²) >= 11 is 0. The average molecular weight is 244 g/mol. The number of carboxylic acids is 1. The molecule has 0 radical (unpaired) electrons. The molecule has 1 aliphatic heterocycles. The Bertz CT molecular complexity index is 311. The van der Waals surface area contributed by atoms with Crippen LogP contribution in [0.15, 0.2) is 0 Å². The van der Waals surface area contributed by atoms with Crippen molar-refractivity contribution in [3.05, 3.63) is 0 Å². The van der Waals surface area contributed by atoms with Crippen LogP contribution in [0.1, 0.15) is 27.2 Å². The number of carbonyl (C=O) groups excluding carboxylic acids is 1. The molecule has 6 heteroatoms. The minimum atomic E-state index is -0.860. The molecular weight excluding hydrogens is 224 g/mol. The number of carboxylic acid groups (broad SMARTS) is 1. The van der Waals surface area contributed by atoms with E-state index >= 15 is 0 Å². The highest BCUT2D eigenvalue weighted by molar-refractivity contribution is 5.74. The van der Waals surface area contributed by atoms with Gasteiger partial charge in [-0.05, 0) is 34.2 Å². The summed E-state index contributed by atoms with van der Waals surface area (Å²) < 4.78 is 5.11. The van der Waals surface area contributed by atoms with E-state index in [0.29, 0.717) is 13.0 Å². The van der Waals surface area contributed by atoms with E-state index in [2.05, 4.69) is 5.32 Å². The molecule has 1 rings (SSSR count). The summed E-state index contributed by atoms with van der Waals surface area (Å²) in [5, 5.41) is 11.6. The first-order valence-electron chi connectivity index (χ1n) is 5.61. The van der Waals surface area contributed by atoms with E-state index in [1.807, 2.05) is 0 Å². The van der Waals surface area contributed by atoms with Gasteiger partial charge in [-0.25, -0.2) is 4.79 Å². The van der Waals surface area contributed by atoms with Crippen molar-refractivity contribution in [1.82, 2.24) is 10.2 Å². The topological polar surface area (TPSA) is 78.9 Å². The Hall–Kier alpha value is -1.30. The van der Waals surface area contributed by atoms with Crippen molar-refractivity contribution >= 4 is 12.1 Å². The van der Waals surface area contributed by atoms with Gasteiger partial charge in [-0.1, -0.05) is 0 Å². The second kappa shape index (κ2) is 4.91. The van der Waals surface area contributed by atoms with Crippen LogP contribution in [0.3, 0.4) is 0 Å². The van der Waals surface area contributed by atoms with Crippen LogP contribution in [-0.4, -0.2) is 53.3 Å². The van der Waals surface area contributed by atoms with E-state index in [9.17, 15) is 9.59 Å². The van der Waals surface area contributed by atoms with Gasteiger partial charge < -0.3 is 15.2 Å². The molecule has 0 aliphatic carbocycles. The number of likely N-dealkylation sites (tertiary alicyclic amines) is 1. The largest absolute Gasteiger partial charge is 0.480 e. The highest BCUT2D eigenvalue weighted by Gasteiger charge is 2.35. The van der Waals surface area contributed by atoms with Crippen molar-refractivity contribution in [2.45, 2.75) is 44.9 Å². The molecule has 1 amide bonds. The number of rotatable bonds is 2. The summed E-state index contributed by atoms with van der Waals surface area (Å²) in [6.45, 7) is 5.88. The number of carbonyl (C=O) groups is 2. The predicted molar refractivity (Wildman–Crippen MR) is 61.8 cm³/mol. The Labute approximate surface area is 101 Å². The van der Waals surface area contributed by atoms with Crippen molar-refractivity contribution in [2.75, 3.05) is 13.6 Å². The summed E-state index contributed by atoms with van der Waals surface area (Å²) in [6, 6.07) is -0.703.